The fourth-order valence-electron chi connectivity index (χ4n) is 1.85. The van der Waals surface area contributed by atoms with Gasteiger partial charge in [0.15, 0.2) is 5.96 Å². The smallest absolute Gasteiger partial charge is 0.209 e. The summed E-state index contributed by atoms with van der Waals surface area (Å²) in [5, 5.41) is 6.13. The Hall–Kier alpha value is -0.940. The molecular formula is C14H24FIN4O2S. The van der Waals surface area contributed by atoms with Crippen molar-refractivity contribution >= 4 is 40.0 Å². The van der Waals surface area contributed by atoms with Crippen molar-refractivity contribution in [1.29, 1.82) is 0 Å². The van der Waals surface area contributed by atoms with Gasteiger partial charge in [-0.3, -0.25) is 4.99 Å². The van der Waals surface area contributed by atoms with Crippen LogP contribution < -0.4 is 15.4 Å². The lowest BCUT2D eigenvalue weighted by Gasteiger charge is -2.26. The highest BCUT2D eigenvalue weighted by Crippen LogP contribution is 2.03. The molecule has 0 aliphatic heterocycles. The van der Waals surface area contributed by atoms with Gasteiger partial charge < -0.3 is 10.6 Å². The van der Waals surface area contributed by atoms with Gasteiger partial charge >= 0.3 is 0 Å². The van der Waals surface area contributed by atoms with Gasteiger partial charge in [-0.05, 0) is 31.5 Å². The standard InChI is InChI=1S/C14H23FN4O2S.HI/c1-14(2,19-22(4,20)21)10-18-13(16-3)17-9-11-5-7-12(15)8-6-11;/h5-8,19H,9-10H2,1-4H3,(H2,16,17,18);1H. The molecule has 23 heavy (non-hydrogen) atoms. The topological polar surface area (TPSA) is 82.6 Å². The first kappa shape index (κ1) is 22.1. The molecule has 0 amide bonds. The zero-order valence-electron chi connectivity index (χ0n) is 13.7. The quantitative estimate of drug-likeness (QED) is 0.342. The van der Waals surface area contributed by atoms with E-state index in [-0.39, 0.29) is 29.8 Å². The van der Waals surface area contributed by atoms with Crippen LogP contribution in [0.5, 0.6) is 0 Å². The lowest BCUT2D eigenvalue weighted by Crippen LogP contribution is -2.52. The minimum Gasteiger partial charge on any atom is -0.355 e. The molecule has 6 nitrogen and oxygen atoms in total. The Morgan fingerprint density at radius 1 is 1.22 bits per heavy atom. The van der Waals surface area contributed by atoms with Gasteiger partial charge in [0.1, 0.15) is 5.82 Å². The molecule has 0 aliphatic carbocycles. The average Bonchev–Trinajstić information content (AvgIpc) is 2.38. The maximum Gasteiger partial charge on any atom is 0.209 e. The van der Waals surface area contributed by atoms with Crippen LogP contribution in [0.4, 0.5) is 4.39 Å². The number of aliphatic imine (C=N–C) groups is 1. The van der Waals surface area contributed by atoms with Crippen molar-refractivity contribution in [1.82, 2.24) is 15.4 Å². The summed E-state index contributed by atoms with van der Waals surface area (Å²) in [7, 11) is -1.66. The molecule has 0 atom stereocenters. The number of nitrogens with one attached hydrogen (secondary N) is 3. The highest BCUT2D eigenvalue weighted by atomic mass is 127. The summed E-state index contributed by atoms with van der Waals surface area (Å²) in [6.45, 7) is 4.39. The van der Waals surface area contributed by atoms with Crippen LogP contribution >= 0.6 is 24.0 Å². The van der Waals surface area contributed by atoms with E-state index in [4.69, 9.17) is 0 Å². The highest BCUT2D eigenvalue weighted by Gasteiger charge is 2.22. The Bertz CT molecular complexity index is 618. The zero-order valence-corrected chi connectivity index (χ0v) is 16.8. The van der Waals surface area contributed by atoms with Crippen LogP contribution in [-0.2, 0) is 16.6 Å². The second-order valence-electron chi connectivity index (χ2n) is 5.66. The first-order valence-electron chi connectivity index (χ1n) is 6.79. The lowest BCUT2D eigenvalue weighted by molar-refractivity contribution is 0.446. The number of sulfonamides is 1. The van der Waals surface area contributed by atoms with Crippen molar-refractivity contribution in [2.75, 3.05) is 19.8 Å². The summed E-state index contributed by atoms with van der Waals surface area (Å²) in [5.74, 6) is 0.257. The maximum atomic E-state index is 12.8. The Labute approximate surface area is 154 Å². The molecule has 9 heteroatoms. The molecule has 0 aromatic heterocycles. The van der Waals surface area contributed by atoms with Crippen molar-refractivity contribution < 1.29 is 12.8 Å². The van der Waals surface area contributed by atoms with Crippen molar-refractivity contribution in [2.24, 2.45) is 4.99 Å². The Balaban J connectivity index is 0.00000484. The summed E-state index contributed by atoms with van der Waals surface area (Å²) in [5.41, 5.74) is 0.263. The summed E-state index contributed by atoms with van der Waals surface area (Å²) in [4.78, 5) is 4.06. The van der Waals surface area contributed by atoms with Gasteiger partial charge in [-0.1, -0.05) is 12.1 Å². The molecule has 0 saturated carbocycles. The number of nitrogens with zero attached hydrogens (tertiary/aromatic N) is 1. The monoisotopic (exact) mass is 458 g/mol. The molecule has 0 aliphatic rings. The predicted molar refractivity (Wildman–Crippen MR) is 102 cm³/mol. The Kier molecular flexibility index (Phi) is 9.00. The molecule has 0 spiro atoms. The van der Waals surface area contributed by atoms with Crippen LogP contribution in [0.25, 0.3) is 0 Å². The molecule has 1 aromatic rings. The molecule has 0 bridgehead atoms. The van der Waals surface area contributed by atoms with E-state index in [1.807, 2.05) is 0 Å². The zero-order chi connectivity index (χ0) is 16.8. The van der Waals surface area contributed by atoms with Crippen molar-refractivity contribution in [2.45, 2.75) is 25.9 Å². The van der Waals surface area contributed by atoms with Crippen LogP contribution in [0, 0.1) is 5.82 Å². The van der Waals surface area contributed by atoms with Gasteiger partial charge in [0.05, 0.1) is 6.26 Å². The van der Waals surface area contributed by atoms with E-state index >= 15 is 0 Å². The van der Waals surface area contributed by atoms with Crippen LogP contribution in [0.2, 0.25) is 0 Å². The number of rotatable bonds is 6. The van der Waals surface area contributed by atoms with Crippen molar-refractivity contribution in [3.63, 3.8) is 0 Å². The van der Waals surface area contributed by atoms with Crippen molar-refractivity contribution in [3.05, 3.63) is 35.6 Å². The van der Waals surface area contributed by atoms with E-state index < -0.39 is 15.6 Å². The molecule has 0 heterocycles. The fraction of sp³-hybridized carbons (Fsp3) is 0.500. The lowest BCUT2D eigenvalue weighted by atomic mass is 10.1. The summed E-state index contributed by atoms with van der Waals surface area (Å²) < 4.78 is 37.9. The molecule has 1 aromatic carbocycles. The minimum atomic E-state index is -3.28. The third-order valence-corrected chi connectivity index (χ3v) is 3.68. The van der Waals surface area contributed by atoms with Gasteiger partial charge in [0, 0.05) is 25.7 Å². The third kappa shape index (κ3) is 9.72. The SMILES string of the molecule is CN=C(NCc1ccc(F)cc1)NCC(C)(C)NS(C)(=O)=O.I. The number of hydrogen-bond acceptors (Lipinski definition) is 3. The summed E-state index contributed by atoms with van der Waals surface area (Å²) in [6, 6.07) is 6.16. The van der Waals surface area contributed by atoms with E-state index in [2.05, 4.69) is 20.3 Å². The molecule has 0 fully saturated rings. The van der Waals surface area contributed by atoms with E-state index in [1.165, 1.54) is 12.1 Å². The fourth-order valence-corrected chi connectivity index (χ4v) is 2.93. The molecule has 3 N–H and O–H groups in total. The normalized spacial score (nSPS) is 12.5. The molecule has 0 radical (unpaired) electrons. The van der Waals surface area contributed by atoms with E-state index in [0.717, 1.165) is 11.8 Å². The second kappa shape index (κ2) is 9.38. The maximum absolute atomic E-state index is 12.8. The molecular weight excluding hydrogens is 434 g/mol. The van der Waals surface area contributed by atoms with Gasteiger partial charge in [0.2, 0.25) is 10.0 Å². The molecule has 0 unspecified atom stereocenters. The molecule has 132 valence electrons. The summed E-state index contributed by atoms with van der Waals surface area (Å²) >= 11 is 0. The number of hydrogen-bond donors (Lipinski definition) is 3. The number of guanidine groups is 1. The first-order valence-corrected chi connectivity index (χ1v) is 8.68. The predicted octanol–water partition coefficient (Wildman–Crippen LogP) is 1.44. The van der Waals surface area contributed by atoms with Gasteiger partial charge in [-0.15, -0.1) is 24.0 Å². The third-order valence-electron chi connectivity index (χ3n) is 2.76. The number of halogens is 2. The van der Waals surface area contributed by atoms with E-state index in [9.17, 15) is 12.8 Å². The second-order valence-corrected chi connectivity index (χ2v) is 7.41. The molecule has 0 saturated heterocycles. The van der Waals surface area contributed by atoms with Crippen molar-refractivity contribution in [3.8, 4) is 0 Å². The van der Waals surface area contributed by atoms with E-state index in [1.54, 1.807) is 33.0 Å². The van der Waals surface area contributed by atoms with Crippen LogP contribution in [0.3, 0.4) is 0 Å². The van der Waals surface area contributed by atoms with Crippen LogP contribution in [0.15, 0.2) is 29.3 Å². The van der Waals surface area contributed by atoms with Gasteiger partial charge in [-0.25, -0.2) is 17.5 Å². The highest BCUT2D eigenvalue weighted by molar-refractivity contribution is 14.0. The average molecular weight is 458 g/mol. The molecule has 1 rings (SSSR count). The van der Waals surface area contributed by atoms with E-state index in [0.29, 0.717) is 19.0 Å². The minimum absolute atomic E-state index is 0. The Morgan fingerprint density at radius 2 is 1.78 bits per heavy atom. The van der Waals surface area contributed by atoms with Crippen LogP contribution in [0.1, 0.15) is 19.4 Å². The van der Waals surface area contributed by atoms with Crippen LogP contribution in [-0.4, -0.2) is 39.8 Å². The largest absolute Gasteiger partial charge is 0.355 e. The first-order chi connectivity index (χ1) is 10.1. The van der Waals surface area contributed by atoms with Gasteiger partial charge in [-0.2, -0.15) is 0 Å². The van der Waals surface area contributed by atoms with Gasteiger partial charge in [0.25, 0.3) is 0 Å². The Morgan fingerprint density at radius 3 is 2.26 bits per heavy atom. The number of benzene rings is 1. The summed E-state index contributed by atoms with van der Waals surface area (Å²) in [6.07, 6.45) is 1.12.